The van der Waals surface area contributed by atoms with Crippen molar-refractivity contribution in [2.24, 2.45) is 5.41 Å². The molecule has 116 valence electrons. The smallest absolute Gasteiger partial charge is 0.126 e. The van der Waals surface area contributed by atoms with E-state index in [-0.39, 0.29) is 5.82 Å². The molecule has 2 fully saturated rings. The third-order valence-electron chi connectivity index (χ3n) is 5.59. The summed E-state index contributed by atoms with van der Waals surface area (Å²) in [6.07, 6.45) is 7.38. The molecule has 0 amide bonds. The minimum Gasteiger partial charge on any atom is -0.389 e. The van der Waals surface area contributed by atoms with Crippen LogP contribution in [0.15, 0.2) is 12.1 Å². The number of nitrogens with zero attached hydrogens (tertiary/aromatic N) is 1. The summed E-state index contributed by atoms with van der Waals surface area (Å²) < 4.78 is 13.8. The van der Waals surface area contributed by atoms with Gasteiger partial charge in [0, 0.05) is 24.3 Å². The quantitative estimate of drug-likeness (QED) is 0.875. The zero-order chi connectivity index (χ0) is 15.0. The molecule has 1 aliphatic carbocycles. The topological polar surface area (TPSA) is 23.5 Å². The zero-order valence-corrected chi connectivity index (χ0v) is 13.2. The van der Waals surface area contributed by atoms with Crippen LogP contribution in [-0.4, -0.2) is 18.2 Å². The van der Waals surface area contributed by atoms with Crippen molar-refractivity contribution in [3.8, 4) is 0 Å². The van der Waals surface area contributed by atoms with Crippen LogP contribution >= 0.6 is 0 Å². The molecule has 0 unspecified atom stereocenters. The zero-order valence-electron chi connectivity index (χ0n) is 13.2. The monoisotopic (exact) mass is 291 g/mol. The van der Waals surface area contributed by atoms with E-state index in [1.165, 1.54) is 44.6 Å². The molecule has 2 nitrogen and oxygen atoms in total. The van der Waals surface area contributed by atoms with Crippen molar-refractivity contribution in [2.75, 3.05) is 18.0 Å². The minimum atomic E-state index is -0.627. The van der Waals surface area contributed by atoms with Crippen LogP contribution in [0.25, 0.3) is 0 Å². The molecule has 3 rings (SSSR count). The summed E-state index contributed by atoms with van der Waals surface area (Å²) in [5.41, 5.74) is 2.99. The number of benzene rings is 1. The first-order valence-corrected chi connectivity index (χ1v) is 8.24. The highest BCUT2D eigenvalue weighted by Crippen LogP contribution is 2.47. The highest BCUT2D eigenvalue weighted by atomic mass is 19.1. The number of anilines is 1. The Hall–Kier alpha value is -1.09. The molecule has 1 N–H and O–H groups in total. The van der Waals surface area contributed by atoms with E-state index in [0.29, 0.717) is 11.0 Å². The number of piperidine rings is 1. The molecule has 0 bridgehead atoms. The fourth-order valence-corrected chi connectivity index (χ4v) is 4.14. The number of rotatable bonds is 2. The van der Waals surface area contributed by atoms with Crippen molar-refractivity contribution in [3.63, 3.8) is 0 Å². The Morgan fingerprint density at radius 3 is 2.33 bits per heavy atom. The van der Waals surface area contributed by atoms with E-state index in [1.807, 2.05) is 6.07 Å². The van der Waals surface area contributed by atoms with Gasteiger partial charge in [-0.05, 0) is 62.6 Å². The van der Waals surface area contributed by atoms with Crippen LogP contribution < -0.4 is 4.90 Å². The van der Waals surface area contributed by atoms with Gasteiger partial charge in [-0.25, -0.2) is 4.39 Å². The van der Waals surface area contributed by atoms with E-state index in [0.717, 1.165) is 24.3 Å². The second-order valence-corrected chi connectivity index (χ2v) is 7.03. The maximum atomic E-state index is 13.8. The molecule has 3 heteroatoms. The second kappa shape index (κ2) is 5.60. The summed E-state index contributed by atoms with van der Waals surface area (Å²) >= 11 is 0. The van der Waals surface area contributed by atoms with Crippen LogP contribution in [0, 0.1) is 18.2 Å². The van der Waals surface area contributed by atoms with Gasteiger partial charge in [0.25, 0.3) is 0 Å². The fourth-order valence-electron chi connectivity index (χ4n) is 4.14. The average molecular weight is 291 g/mol. The third kappa shape index (κ3) is 2.80. The maximum absolute atomic E-state index is 13.8. The molecule has 1 saturated carbocycles. The molecule has 1 aromatic carbocycles. The Morgan fingerprint density at radius 2 is 1.76 bits per heavy atom. The van der Waals surface area contributed by atoms with Crippen LogP contribution in [0.4, 0.5) is 10.1 Å². The molecule has 0 aromatic heterocycles. The Morgan fingerprint density at radius 1 is 1.14 bits per heavy atom. The van der Waals surface area contributed by atoms with Crippen LogP contribution in [0.3, 0.4) is 0 Å². The van der Waals surface area contributed by atoms with Crippen LogP contribution in [0.5, 0.6) is 0 Å². The predicted octanol–water partition coefficient (Wildman–Crippen LogP) is 4.35. The van der Waals surface area contributed by atoms with Crippen molar-refractivity contribution >= 4 is 5.69 Å². The van der Waals surface area contributed by atoms with E-state index in [9.17, 15) is 9.50 Å². The normalized spacial score (nSPS) is 22.8. The standard InChI is InChI=1S/C18H26FNO/c1-13-11-17(15(14(2)21)12-16(13)19)20-9-7-18(8-10-20)5-3-4-6-18/h11-12,14,21H,3-10H2,1-2H3/t14-/m1/s1. The summed E-state index contributed by atoms with van der Waals surface area (Å²) in [6, 6.07) is 3.42. The number of aliphatic hydroxyl groups is 1. The van der Waals surface area contributed by atoms with Crippen LogP contribution in [0.1, 0.15) is 62.7 Å². The van der Waals surface area contributed by atoms with Crippen LogP contribution in [0.2, 0.25) is 0 Å². The lowest BCUT2D eigenvalue weighted by Crippen LogP contribution is -2.39. The van der Waals surface area contributed by atoms with Gasteiger partial charge in [0.15, 0.2) is 0 Å². The third-order valence-corrected chi connectivity index (χ3v) is 5.59. The maximum Gasteiger partial charge on any atom is 0.126 e. The fraction of sp³-hybridized carbons (Fsp3) is 0.667. The number of aliphatic hydroxyl groups excluding tert-OH is 1. The van der Waals surface area contributed by atoms with Gasteiger partial charge >= 0.3 is 0 Å². The predicted molar refractivity (Wildman–Crippen MR) is 84.1 cm³/mol. The number of hydrogen-bond donors (Lipinski definition) is 1. The average Bonchev–Trinajstić information content (AvgIpc) is 2.90. The summed E-state index contributed by atoms with van der Waals surface area (Å²) in [4.78, 5) is 2.35. The molecular formula is C18H26FNO. The first kappa shape index (κ1) is 14.8. The van der Waals surface area contributed by atoms with Gasteiger partial charge in [0.05, 0.1) is 6.10 Å². The van der Waals surface area contributed by atoms with Gasteiger partial charge in [0.1, 0.15) is 5.82 Å². The highest BCUT2D eigenvalue weighted by Gasteiger charge is 2.37. The van der Waals surface area contributed by atoms with Crippen molar-refractivity contribution in [2.45, 2.75) is 58.5 Å². The number of halogens is 1. The Bertz CT molecular complexity index is 510. The van der Waals surface area contributed by atoms with E-state index in [1.54, 1.807) is 13.8 Å². The SMILES string of the molecule is Cc1cc(N2CCC3(CCCC3)CC2)c([C@@H](C)O)cc1F. The van der Waals surface area contributed by atoms with Gasteiger partial charge in [-0.1, -0.05) is 12.8 Å². The van der Waals surface area contributed by atoms with Crippen LogP contribution in [-0.2, 0) is 0 Å². The molecule has 1 aliphatic heterocycles. The van der Waals surface area contributed by atoms with Gasteiger partial charge in [0.2, 0.25) is 0 Å². The summed E-state index contributed by atoms with van der Waals surface area (Å²) in [7, 11) is 0. The summed E-state index contributed by atoms with van der Waals surface area (Å²) in [6.45, 7) is 5.58. The number of aryl methyl sites for hydroxylation is 1. The lowest BCUT2D eigenvalue weighted by molar-refractivity contribution is 0.197. The molecule has 1 spiro atoms. The van der Waals surface area contributed by atoms with E-state index >= 15 is 0 Å². The molecule has 0 radical (unpaired) electrons. The van der Waals surface area contributed by atoms with E-state index in [2.05, 4.69) is 4.90 Å². The first-order valence-electron chi connectivity index (χ1n) is 8.24. The van der Waals surface area contributed by atoms with Crippen molar-refractivity contribution in [3.05, 3.63) is 29.1 Å². The molecule has 1 atom stereocenters. The van der Waals surface area contributed by atoms with E-state index in [4.69, 9.17) is 0 Å². The summed E-state index contributed by atoms with van der Waals surface area (Å²) in [5.74, 6) is -0.223. The molecule has 21 heavy (non-hydrogen) atoms. The molecular weight excluding hydrogens is 265 g/mol. The van der Waals surface area contributed by atoms with Crippen molar-refractivity contribution in [1.29, 1.82) is 0 Å². The molecule has 2 aliphatic rings. The lowest BCUT2D eigenvalue weighted by atomic mass is 9.77. The van der Waals surface area contributed by atoms with Gasteiger partial charge in [-0.3, -0.25) is 0 Å². The van der Waals surface area contributed by atoms with Crippen molar-refractivity contribution < 1.29 is 9.50 Å². The number of hydrogen-bond acceptors (Lipinski definition) is 2. The second-order valence-electron chi connectivity index (χ2n) is 7.03. The Kier molecular flexibility index (Phi) is 3.96. The first-order chi connectivity index (χ1) is 10.0. The van der Waals surface area contributed by atoms with E-state index < -0.39 is 6.10 Å². The highest BCUT2D eigenvalue weighted by molar-refractivity contribution is 5.57. The molecule has 1 aromatic rings. The molecule has 1 saturated heterocycles. The Balaban J connectivity index is 1.83. The van der Waals surface area contributed by atoms with Gasteiger partial charge in [-0.2, -0.15) is 0 Å². The van der Waals surface area contributed by atoms with Crippen molar-refractivity contribution in [1.82, 2.24) is 0 Å². The van der Waals surface area contributed by atoms with Gasteiger partial charge in [-0.15, -0.1) is 0 Å². The molecule has 1 heterocycles. The van der Waals surface area contributed by atoms with Gasteiger partial charge < -0.3 is 10.0 Å². The Labute approximate surface area is 127 Å². The largest absolute Gasteiger partial charge is 0.389 e. The lowest BCUT2D eigenvalue weighted by Gasteiger charge is -2.41. The summed E-state index contributed by atoms with van der Waals surface area (Å²) in [5, 5.41) is 9.96. The minimum absolute atomic E-state index is 0.223.